The largest absolute Gasteiger partial charge is 0.339 e. The zero-order chi connectivity index (χ0) is 11.7. The van der Waals surface area contributed by atoms with Crippen LogP contribution in [-0.4, -0.2) is 30.3 Å². The molecule has 0 aromatic heterocycles. The van der Waals surface area contributed by atoms with Crippen molar-refractivity contribution in [2.24, 2.45) is 0 Å². The predicted molar refractivity (Wildman–Crippen MR) is 62.7 cm³/mol. The number of hydrogen-bond acceptors (Lipinski definition) is 2. The van der Waals surface area contributed by atoms with E-state index in [4.69, 9.17) is 0 Å². The van der Waals surface area contributed by atoms with E-state index < -0.39 is 6.04 Å². The van der Waals surface area contributed by atoms with E-state index >= 15 is 0 Å². The summed E-state index contributed by atoms with van der Waals surface area (Å²) in [6.07, 6.45) is 0. The molecule has 4 nitrogen and oxygen atoms in total. The Morgan fingerprint density at radius 3 is 2.75 bits per heavy atom. The first kappa shape index (κ1) is 11.1. The van der Waals surface area contributed by atoms with Gasteiger partial charge in [-0.25, -0.2) is 0 Å². The molecule has 1 aliphatic heterocycles. The van der Waals surface area contributed by atoms with Crippen molar-refractivity contribution in [1.82, 2.24) is 10.2 Å². The summed E-state index contributed by atoms with van der Waals surface area (Å²) in [6, 6.07) is 6.80. The van der Waals surface area contributed by atoms with Gasteiger partial charge in [-0.15, -0.1) is 0 Å². The minimum Gasteiger partial charge on any atom is -0.339 e. The van der Waals surface area contributed by atoms with Gasteiger partial charge in [0.1, 0.15) is 6.04 Å². The number of likely N-dealkylation sites (N-methyl/N-ethyl adjacent to an activating group) is 1. The van der Waals surface area contributed by atoms with Crippen molar-refractivity contribution in [2.45, 2.75) is 6.04 Å². The molecule has 5 heteroatoms. The Kier molecular flexibility index (Phi) is 2.96. The number of amides is 2. The SMILES string of the molecule is CN1CC(=O)N[C@@H](c2ccccc2Br)C1=O. The molecule has 2 amide bonds. The lowest BCUT2D eigenvalue weighted by Crippen LogP contribution is -2.51. The number of rotatable bonds is 1. The molecule has 0 aliphatic carbocycles. The highest BCUT2D eigenvalue weighted by atomic mass is 79.9. The third-order valence-corrected chi connectivity index (χ3v) is 3.25. The first-order valence-corrected chi connectivity index (χ1v) is 5.67. The second kappa shape index (κ2) is 4.25. The van der Waals surface area contributed by atoms with Gasteiger partial charge >= 0.3 is 0 Å². The number of nitrogens with one attached hydrogen (secondary N) is 1. The molecule has 1 aromatic carbocycles. The number of hydrogen-bond donors (Lipinski definition) is 1. The summed E-state index contributed by atoms with van der Waals surface area (Å²) in [5.41, 5.74) is 0.785. The van der Waals surface area contributed by atoms with Gasteiger partial charge in [0.05, 0.1) is 6.54 Å². The van der Waals surface area contributed by atoms with Gasteiger partial charge in [-0.05, 0) is 11.6 Å². The van der Waals surface area contributed by atoms with Crippen LogP contribution in [0.3, 0.4) is 0 Å². The van der Waals surface area contributed by atoms with Crippen molar-refractivity contribution >= 4 is 27.7 Å². The lowest BCUT2D eigenvalue weighted by molar-refractivity contribution is -0.143. The van der Waals surface area contributed by atoms with Crippen LogP contribution in [-0.2, 0) is 9.59 Å². The zero-order valence-corrected chi connectivity index (χ0v) is 10.3. The van der Waals surface area contributed by atoms with Gasteiger partial charge in [-0.2, -0.15) is 0 Å². The molecular weight excluding hydrogens is 272 g/mol. The van der Waals surface area contributed by atoms with Gasteiger partial charge in [0, 0.05) is 11.5 Å². The van der Waals surface area contributed by atoms with Crippen LogP contribution in [0.5, 0.6) is 0 Å². The van der Waals surface area contributed by atoms with E-state index in [1.807, 2.05) is 24.3 Å². The quantitative estimate of drug-likeness (QED) is 0.838. The summed E-state index contributed by atoms with van der Waals surface area (Å²) in [5, 5.41) is 2.69. The first-order chi connectivity index (χ1) is 7.59. The van der Waals surface area contributed by atoms with Crippen LogP contribution in [0.4, 0.5) is 0 Å². The summed E-state index contributed by atoms with van der Waals surface area (Å²) in [6.45, 7) is 0.125. The number of carbonyl (C=O) groups excluding carboxylic acids is 2. The van der Waals surface area contributed by atoms with Gasteiger partial charge in [-0.1, -0.05) is 34.1 Å². The van der Waals surface area contributed by atoms with Crippen LogP contribution in [0.25, 0.3) is 0 Å². The highest BCUT2D eigenvalue weighted by molar-refractivity contribution is 9.10. The van der Waals surface area contributed by atoms with E-state index in [9.17, 15) is 9.59 Å². The Morgan fingerprint density at radius 2 is 2.06 bits per heavy atom. The Hall–Kier alpha value is -1.36. The Balaban J connectivity index is 2.36. The molecule has 84 valence electrons. The zero-order valence-electron chi connectivity index (χ0n) is 8.74. The van der Waals surface area contributed by atoms with Crippen molar-refractivity contribution in [3.8, 4) is 0 Å². The molecule has 1 fully saturated rings. The number of piperazine rings is 1. The molecule has 1 N–H and O–H groups in total. The summed E-state index contributed by atoms with van der Waals surface area (Å²) >= 11 is 3.38. The third kappa shape index (κ3) is 1.95. The second-order valence-corrected chi connectivity index (χ2v) is 4.57. The molecule has 2 rings (SSSR count). The van der Waals surface area contributed by atoms with Crippen molar-refractivity contribution in [1.29, 1.82) is 0 Å². The predicted octanol–water partition coefficient (Wildman–Crippen LogP) is 1.08. The molecule has 1 saturated heterocycles. The minimum atomic E-state index is -0.582. The molecule has 0 bridgehead atoms. The topological polar surface area (TPSA) is 49.4 Å². The van der Waals surface area contributed by atoms with Crippen LogP contribution in [0.2, 0.25) is 0 Å². The molecule has 1 heterocycles. The third-order valence-electron chi connectivity index (χ3n) is 2.53. The van der Waals surface area contributed by atoms with Crippen LogP contribution >= 0.6 is 15.9 Å². The lowest BCUT2D eigenvalue weighted by atomic mass is 10.0. The summed E-state index contributed by atoms with van der Waals surface area (Å²) in [5.74, 6) is -0.227. The van der Waals surface area contributed by atoms with E-state index in [0.29, 0.717) is 0 Å². The first-order valence-electron chi connectivity index (χ1n) is 4.88. The fraction of sp³-hybridized carbons (Fsp3) is 0.273. The maximum atomic E-state index is 11.9. The maximum absolute atomic E-state index is 11.9. The molecular formula is C11H11BrN2O2. The standard InChI is InChI=1S/C11H11BrN2O2/c1-14-6-9(15)13-10(11(14)16)7-4-2-3-5-8(7)12/h2-5,10H,6H2,1H3,(H,13,15)/t10-/m0/s1. The number of benzene rings is 1. The smallest absolute Gasteiger partial charge is 0.250 e. The monoisotopic (exact) mass is 282 g/mol. The van der Waals surface area contributed by atoms with Crippen molar-refractivity contribution in [3.05, 3.63) is 34.3 Å². The molecule has 1 aliphatic rings. The summed E-state index contributed by atoms with van der Waals surface area (Å²) < 4.78 is 0.823. The molecule has 0 saturated carbocycles. The Labute approximate surface area is 102 Å². The average Bonchev–Trinajstić information content (AvgIpc) is 2.24. The fourth-order valence-corrected chi connectivity index (χ4v) is 2.22. The average molecular weight is 283 g/mol. The van der Waals surface area contributed by atoms with Crippen LogP contribution in [0.1, 0.15) is 11.6 Å². The highest BCUT2D eigenvalue weighted by Crippen LogP contribution is 2.25. The molecule has 0 radical (unpaired) electrons. The van der Waals surface area contributed by atoms with Crippen LogP contribution < -0.4 is 5.32 Å². The molecule has 1 aromatic rings. The highest BCUT2D eigenvalue weighted by Gasteiger charge is 2.32. The molecule has 0 spiro atoms. The van der Waals surface area contributed by atoms with Crippen molar-refractivity contribution < 1.29 is 9.59 Å². The number of carbonyl (C=O) groups is 2. The van der Waals surface area contributed by atoms with E-state index in [0.717, 1.165) is 10.0 Å². The van der Waals surface area contributed by atoms with Gasteiger partial charge in [-0.3, -0.25) is 9.59 Å². The van der Waals surface area contributed by atoms with Gasteiger partial charge in [0.2, 0.25) is 11.8 Å². The molecule has 1 atom stereocenters. The second-order valence-electron chi connectivity index (χ2n) is 3.72. The van der Waals surface area contributed by atoms with E-state index in [1.165, 1.54) is 4.90 Å². The van der Waals surface area contributed by atoms with Crippen LogP contribution in [0, 0.1) is 0 Å². The minimum absolute atomic E-state index is 0.0912. The van der Waals surface area contributed by atoms with Crippen molar-refractivity contribution in [2.75, 3.05) is 13.6 Å². The van der Waals surface area contributed by atoms with Gasteiger partial charge < -0.3 is 10.2 Å². The fourth-order valence-electron chi connectivity index (χ4n) is 1.70. The Morgan fingerprint density at radius 1 is 1.38 bits per heavy atom. The molecule has 16 heavy (non-hydrogen) atoms. The number of nitrogens with zero attached hydrogens (tertiary/aromatic N) is 1. The van der Waals surface area contributed by atoms with E-state index in [1.54, 1.807) is 7.05 Å². The number of halogens is 1. The molecule has 0 unspecified atom stereocenters. The summed E-state index contributed by atoms with van der Waals surface area (Å²) in [7, 11) is 1.63. The van der Waals surface area contributed by atoms with E-state index in [-0.39, 0.29) is 18.4 Å². The van der Waals surface area contributed by atoms with Gasteiger partial charge in [0.15, 0.2) is 0 Å². The van der Waals surface area contributed by atoms with E-state index in [2.05, 4.69) is 21.2 Å². The van der Waals surface area contributed by atoms with Crippen LogP contribution in [0.15, 0.2) is 28.7 Å². The Bertz CT molecular complexity index is 447. The normalized spacial score (nSPS) is 20.9. The maximum Gasteiger partial charge on any atom is 0.250 e. The van der Waals surface area contributed by atoms with Crippen molar-refractivity contribution in [3.63, 3.8) is 0 Å². The van der Waals surface area contributed by atoms with Gasteiger partial charge in [0.25, 0.3) is 0 Å². The summed E-state index contributed by atoms with van der Waals surface area (Å²) in [4.78, 5) is 24.7. The lowest BCUT2D eigenvalue weighted by Gasteiger charge is -2.30.